The fraction of sp³-hybridized carbons (Fsp3) is 0.154. The standard InChI is InChI=1S/C13H7F6N/c14-12(15,16)9-5-3-8(4-6-9)11-10(13(17,18)19)2-1-7-20-11/h1-7H. The third-order valence-electron chi connectivity index (χ3n) is 2.60. The van der Waals surface area contributed by atoms with E-state index < -0.39 is 29.2 Å². The Labute approximate surface area is 109 Å². The molecule has 7 heteroatoms. The van der Waals surface area contributed by atoms with Gasteiger partial charge in [-0.2, -0.15) is 26.3 Å². The summed E-state index contributed by atoms with van der Waals surface area (Å²) in [7, 11) is 0. The minimum absolute atomic E-state index is 0.0223. The van der Waals surface area contributed by atoms with Gasteiger partial charge in [0.1, 0.15) is 0 Å². The van der Waals surface area contributed by atoms with Gasteiger partial charge in [-0.1, -0.05) is 12.1 Å². The van der Waals surface area contributed by atoms with Crippen LogP contribution in [0.25, 0.3) is 11.3 Å². The van der Waals surface area contributed by atoms with Gasteiger partial charge in [0.25, 0.3) is 0 Å². The molecule has 1 aromatic heterocycles. The van der Waals surface area contributed by atoms with Crippen LogP contribution >= 0.6 is 0 Å². The maximum atomic E-state index is 12.8. The number of hydrogen-bond acceptors (Lipinski definition) is 1. The van der Waals surface area contributed by atoms with Crippen molar-refractivity contribution in [3.63, 3.8) is 0 Å². The SMILES string of the molecule is FC(F)(F)c1ccc(-c2ncccc2C(F)(F)F)cc1. The van der Waals surface area contributed by atoms with Crippen LogP contribution in [0.15, 0.2) is 42.6 Å². The Hall–Kier alpha value is -2.05. The monoisotopic (exact) mass is 291 g/mol. The van der Waals surface area contributed by atoms with E-state index >= 15 is 0 Å². The Bertz CT molecular complexity index is 597. The number of nitrogens with zero attached hydrogens (tertiary/aromatic N) is 1. The average molecular weight is 291 g/mol. The van der Waals surface area contributed by atoms with E-state index in [-0.39, 0.29) is 5.56 Å². The van der Waals surface area contributed by atoms with Crippen molar-refractivity contribution in [2.45, 2.75) is 12.4 Å². The second kappa shape index (κ2) is 4.81. The smallest absolute Gasteiger partial charge is 0.256 e. The normalized spacial score (nSPS) is 12.5. The summed E-state index contributed by atoms with van der Waals surface area (Å²) < 4.78 is 75.5. The molecule has 2 rings (SSSR count). The van der Waals surface area contributed by atoms with Gasteiger partial charge in [0, 0.05) is 11.8 Å². The maximum Gasteiger partial charge on any atom is 0.418 e. The molecule has 0 saturated carbocycles. The summed E-state index contributed by atoms with van der Waals surface area (Å²) in [5, 5.41) is 0. The summed E-state index contributed by atoms with van der Waals surface area (Å²) in [4.78, 5) is 3.61. The van der Waals surface area contributed by atoms with E-state index in [1.54, 1.807) is 0 Å². The van der Waals surface area contributed by atoms with Crippen LogP contribution in [0.1, 0.15) is 11.1 Å². The van der Waals surface area contributed by atoms with Crippen LogP contribution in [0.5, 0.6) is 0 Å². The molecule has 0 fully saturated rings. The predicted octanol–water partition coefficient (Wildman–Crippen LogP) is 4.79. The third-order valence-corrected chi connectivity index (χ3v) is 2.60. The van der Waals surface area contributed by atoms with Gasteiger partial charge in [0.15, 0.2) is 0 Å². The van der Waals surface area contributed by atoms with Crippen LogP contribution in [-0.2, 0) is 12.4 Å². The Morgan fingerprint density at radius 3 is 1.85 bits per heavy atom. The van der Waals surface area contributed by atoms with Gasteiger partial charge in [-0.15, -0.1) is 0 Å². The largest absolute Gasteiger partial charge is 0.418 e. The number of pyridine rings is 1. The fourth-order valence-corrected chi connectivity index (χ4v) is 1.68. The van der Waals surface area contributed by atoms with Crippen molar-refractivity contribution < 1.29 is 26.3 Å². The van der Waals surface area contributed by atoms with Gasteiger partial charge in [0.05, 0.1) is 16.8 Å². The van der Waals surface area contributed by atoms with E-state index in [0.717, 1.165) is 42.6 Å². The highest BCUT2D eigenvalue weighted by Crippen LogP contribution is 2.36. The lowest BCUT2D eigenvalue weighted by molar-refractivity contribution is -0.138. The van der Waals surface area contributed by atoms with Gasteiger partial charge in [-0.3, -0.25) is 4.98 Å². The Kier molecular flexibility index (Phi) is 3.45. The summed E-state index contributed by atoms with van der Waals surface area (Å²) in [6.45, 7) is 0. The molecule has 0 aliphatic rings. The lowest BCUT2D eigenvalue weighted by Gasteiger charge is -2.12. The average Bonchev–Trinajstić information content (AvgIpc) is 2.37. The zero-order valence-corrected chi connectivity index (χ0v) is 9.76. The van der Waals surface area contributed by atoms with E-state index in [0.29, 0.717) is 0 Å². The van der Waals surface area contributed by atoms with Crippen molar-refractivity contribution in [3.8, 4) is 11.3 Å². The lowest BCUT2D eigenvalue weighted by Crippen LogP contribution is -2.08. The molecule has 0 N–H and O–H groups in total. The van der Waals surface area contributed by atoms with Crippen molar-refractivity contribution in [1.82, 2.24) is 4.98 Å². The third kappa shape index (κ3) is 2.92. The van der Waals surface area contributed by atoms with Crippen LogP contribution in [0.3, 0.4) is 0 Å². The number of aromatic nitrogens is 1. The Balaban J connectivity index is 2.48. The van der Waals surface area contributed by atoms with Crippen LogP contribution in [0, 0.1) is 0 Å². The zero-order valence-electron chi connectivity index (χ0n) is 9.76. The van der Waals surface area contributed by atoms with E-state index in [2.05, 4.69) is 4.98 Å². The van der Waals surface area contributed by atoms with Gasteiger partial charge in [0.2, 0.25) is 0 Å². The summed E-state index contributed by atoms with van der Waals surface area (Å²) in [6.07, 6.45) is -8.00. The van der Waals surface area contributed by atoms with Crippen molar-refractivity contribution in [2.75, 3.05) is 0 Å². The second-order valence-electron chi connectivity index (χ2n) is 3.97. The highest BCUT2D eigenvalue weighted by atomic mass is 19.4. The number of hydrogen-bond donors (Lipinski definition) is 0. The van der Waals surface area contributed by atoms with Crippen LogP contribution in [0.2, 0.25) is 0 Å². The molecule has 1 heterocycles. The van der Waals surface area contributed by atoms with Crippen LogP contribution < -0.4 is 0 Å². The molecule has 0 bridgehead atoms. The van der Waals surface area contributed by atoms with E-state index in [9.17, 15) is 26.3 Å². The first-order chi connectivity index (χ1) is 9.19. The highest BCUT2D eigenvalue weighted by Gasteiger charge is 2.35. The number of halogens is 6. The molecular weight excluding hydrogens is 284 g/mol. The predicted molar refractivity (Wildman–Crippen MR) is 59.7 cm³/mol. The van der Waals surface area contributed by atoms with Gasteiger partial charge in [-0.05, 0) is 24.3 Å². The highest BCUT2D eigenvalue weighted by molar-refractivity contribution is 5.64. The number of benzene rings is 1. The molecule has 1 nitrogen and oxygen atoms in total. The molecule has 0 radical (unpaired) electrons. The van der Waals surface area contributed by atoms with Gasteiger partial charge >= 0.3 is 12.4 Å². The first kappa shape index (κ1) is 14.4. The fourth-order valence-electron chi connectivity index (χ4n) is 1.68. The van der Waals surface area contributed by atoms with Gasteiger partial charge < -0.3 is 0 Å². The number of rotatable bonds is 1. The molecule has 0 atom stereocenters. The zero-order chi connectivity index (χ0) is 15.0. The maximum absolute atomic E-state index is 12.8. The van der Waals surface area contributed by atoms with E-state index in [1.807, 2.05) is 0 Å². The molecule has 0 saturated heterocycles. The van der Waals surface area contributed by atoms with Crippen molar-refractivity contribution in [2.24, 2.45) is 0 Å². The lowest BCUT2D eigenvalue weighted by atomic mass is 10.0. The molecule has 20 heavy (non-hydrogen) atoms. The topological polar surface area (TPSA) is 12.9 Å². The molecule has 0 amide bonds. The van der Waals surface area contributed by atoms with Crippen LogP contribution in [0.4, 0.5) is 26.3 Å². The van der Waals surface area contributed by atoms with E-state index in [4.69, 9.17) is 0 Å². The second-order valence-corrected chi connectivity index (χ2v) is 3.97. The van der Waals surface area contributed by atoms with Crippen molar-refractivity contribution >= 4 is 0 Å². The van der Waals surface area contributed by atoms with Crippen molar-refractivity contribution in [1.29, 1.82) is 0 Å². The number of alkyl halides is 6. The molecule has 0 unspecified atom stereocenters. The molecule has 0 spiro atoms. The Morgan fingerprint density at radius 1 is 0.750 bits per heavy atom. The van der Waals surface area contributed by atoms with Crippen molar-refractivity contribution in [3.05, 3.63) is 53.7 Å². The van der Waals surface area contributed by atoms with Crippen LogP contribution in [-0.4, -0.2) is 4.98 Å². The quantitative estimate of drug-likeness (QED) is 0.689. The molecule has 0 aliphatic carbocycles. The summed E-state index contributed by atoms with van der Waals surface area (Å²) in [5.74, 6) is 0. The first-order valence-electron chi connectivity index (χ1n) is 5.39. The molecule has 2 aromatic rings. The first-order valence-corrected chi connectivity index (χ1v) is 5.39. The molecule has 0 aliphatic heterocycles. The summed E-state index contributed by atoms with van der Waals surface area (Å²) in [6, 6.07) is 5.35. The minimum atomic E-state index is -4.62. The van der Waals surface area contributed by atoms with E-state index in [1.165, 1.54) is 0 Å². The molecule has 1 aromatic carbocycles. The molecule has 106 valence electrons. The Morgan fingerprint density at radius 2 is 1.35 bits per heavy atom. The molecular formula is C13H7F6N. The summed E-state index contributed by atoms with van der Waals surface area (Å²) >= 11 is 0. The van der Waals surface area contributed by atoms with Gasteiger partial charge in [-0.25, -0.2) is 0 Å². The summed E-state index contributed by atoms with van der Waals surface area (Å²) in [5.41, 5.74) is -2.33. The minimum Gasteiger partial charge on any atom is -0.256 e.